The third kappa shape index (κ3) is 6.83. The summed E-state index contributed by atoms with van der Waals surface area (Å²) in [5.41, 5.74) is 2.31. The van der Waals surface area contributed by atoms with Crippen LogP contribution in [-0.2, 0) is 11.3 Å². The molecule has 2 rings (SSSR count). The summed E-state index contributed by atoms with van der Waals surface area (Å²) in [6.45, 7) is 5.70. The first-order valence-electron chi connectivity index (χ1n) is 8.68. The lowest BCUT2D eigenvalue weighted by Gasteiger charge is -2.09. The second-order valence-electron chi connectivity index (χ2n) is 6.21. The highest BCUT2D eigenvalue weighted by atomic mass is 16.5. The van der Waals surface area contributed by atoms with Crippen molar-refractivity contribution in [2.75, 3.05) is 13.2 Å². The minimum atomic E-state index is -0.0127. The fourth-order valence-corrected chi connectivity index (χ4v) is 2.65. The van der Waals surface area contributed by atoms with E-state index in [2.05, 4.69) is 11.4 Å². The van der Waals surface area contributed by atoms with Crippen LogP contribution in [0.1, 0.15) is 30.4 Å². The zero-order chi connectivity index (χ0) is 18.1. The molecule has 1 aromatic carbocycles. The van der Waals surface area contributed by atoms with Gasteiger partial charge in [-0.15, -0.1) is 0 Å². The largest absolute Gasteiger partial charge is 0.493 e. The van der Waals surface area contributed by atoms with Gasteiger partial charge in [-0.2, -0.15) is 0 Å². The lowest BCUT2D eigenvalue weighted by atomic mass is 10.1. The van der Waals surface area contributed by atoms with Crippen LogP contribution in [0.2, 0.25) is 0 Å². The fourth-order valence-electron chi connectivity index (χ4n) is 2.65. The number of rotatable bonds is 9. The number of unbranched alkanes of at least 4 members (excludes halogenated alkanes) is 1. The second kappa shape index (κ2) is 9.67. The van der Waals surface area contributed by atoms with Crippen LogP contribution in [0.3, 0.4) is 0 Å². The maximum Gasteiger partial charge on any atom is 0.250 e. The minimum Gasteiger partial charge on any atom is -0.493 e. The van der Waals surface area contributed by atoms with E-state index in [1.165, 1.54) is 0 Å². The summed E-state index contributed by atoms with van der Waals surface area (Å²) in [4.78, 5) is 23.4. The predicted octanol–water partition coefficient (Wildman–Crippen LogP) is 2.83. The van der Waals surface area contributed by atoms with Crippen LogP contribution in [0.5, 0.6) is 5.75 Å². The Kier molecular flexibility index (Phi) is 7.26. The Morgan fingerprint density at radius 3 is 2.60 bits per heavy atom. The number of nitrogens with zero attached hydrogens (tertiary/aromatic N) is 1. The molecule has 5 nitrogen and oxygen atoms in total. The molecule has 0 atom stereocenters. The molecule has 134 valence electrons. The summed E-state index contributed by atoms with van der Waals surface area (Å²) in [5.74, 6) is 0.792. The van der Waals surface area contributed by atoms with Crippen molar-refractivity contribution in [2.24, 2.45) is 0 Å². The van der Waals surface area contributed by atoms with E-state index in [0.717, 1.165) is 29.7 Å². The van der Waals surface area contributed by atoms with Crippen molar-refractivity contribution in [3.05, 3.63) is 64.1 Å². The van der Waals surface area contributed by atoms with Crippen LogP contribution in [-0.4, -0.2) is 23.6 Å². The number of aryl methyl sites for hydroxylation is 3. The Balaban J connectivity index is 1.58. The number of amides is 1. The quantitative estimate of drug-likeness (QED) is 0.713. The van der Waals surface area contributed by atoms with E-state index < -0.39 is 0 Å². The first kappa shape index (κ1) is 18.8. The van der Waals surface area contributed by atoms with Gasteiger partial charge in [0, 0.05) is 25.4 Å². The molecule has 2 aromatic rings. The molecule has 1 aromatic heterocycles. The summed E-state index contributed by atoms with van der Waals surface area (Å²) in [6.07, 6.45) is 3.81. The topological polar surface area (TPSA) is 60.3 Å². The first-order chi connectivity index (χ1) is 12.0. The molecule has 1 N–H and O–H groups in total. The Morgan fingerprint density at radius 2 is 1.88 bits per heavy atom. The van der Waals surface area contributed by atoms with Gasteiger partial charge >= 0.3 is 0 Å². The number of pyridine rings is 1. The lowest BCUT2D eigenvalue weighted by molar-refractivity contribution is -0.121. The number of aromatic nitrogens is 1. The van der Waals surface area contributed by atoms with Crippen LogP contribution in [0.4, 0.5) is 0 Å². The molecular weight excluding hydrogens is 316 g/mol. The average molecular weight is 342 g/mol. The molecule has 1 amide bonds. The molecule has 0 aliphatic carbocycles. The molecule has 0 radical (unpaired) electrons. The van der Waals surface area contributed by atoms with Gasteiger partial charge in [0.2, 0.25) is 11.5 Å². The van der Waals surface area contributed by atoms with Gasteiger partial charge in [-0.3, -0.25) is 9.59 Å². The maximum absolute atomic E-state index is 11.8. The van der Waals surface area contributed by atoms with Crippen molar-refractivity contribution < 1.29 is 9.53 Å². The van der Waals surface area contributed by atoms with E-state index in [4.69, 9.17) is 4.74 Å². The van der Waals surface area contributed by atoms with Crippen molar-refractivity contribution in [2.45, 2.75) is 39.7 Å². The van der Waals surface area contributed by atoms with Gasteiger partial charge in [0.1, 0.15) is 5.75 Å². The Bertz CT molecular complexity index is 732. The second-order valence-corrected chi connectivity index (χ2v) is 6.21. The summed E-state index contributed by atoms with van der Waals surface area (Å²) < 4.78 is 7.32. The number of carbonyl (C=O) groups is 1. The molecule has 25 heavy (non-hydrogen) atoms. The molecule has 1 heterocycles. The number of nitrogens with one attached hydrogen (secondary N) is 1. The smallest absolute Gasteiger partial charge is 0.250 e. The number of ether oxygens (including phenoxy) is 1. The van der Waals surface area contributed by atoms with Crippen LogP contribution >= 0.6 is 0 Å². The highest BCUT2D eigenvalue weighted by Crippen LogP contribution is 2.16. The van der Waals surface area contributed by atoms with Crippen LogP contribution in [0.25, 0.3) is 0 Å². The highest BCUT2D eigenvalue weighted by Gasteiger charge is 2.03. The zero-order valence-electron chi connectivity index (χ0n) is 15.0. The van der Waals surface area contributed by atoms with Gasteiger partial charge in [0.25, 0.3) is 0 Å². The third-order valence-electron chi connectivity index (χ3n) is 3.84. The van der Waals surface area contributed by atoms with E-state index in [1.54, 1.807) is 22.9 Å². The van der Waals surface area contributed by atoms with E-state index in [-0.39, 0.29) is 11.5 Å². The zero-order valence-corrected chi connectivity index (χ0v) is 15.0. The van der Waals surface area contributed by atoms with Crippen molar-refractivity contribution in [3.8, 4) is 5.75 Å². The average Bonchev–Trinajstić information content (AvgIpc) is 2.55. The fraction of sp³-hybridized carbons (Fsp3) is 0.400. The highest BCUT2D eigenvalue weighted by molar-refractivity contribution is 5.75. The molecular formula is C20H26N2O3. The Labute approximate surface area is 148 Å². The molecule has 0 spiro atoms. The molecule has 0 aliphatic heterocycles. The van der Waals surface area contributed by atoms with E-state index in [0.29, 0.717) is 26.1 Å². The van der Waals surface area contributed by atoms with Gasteiger partial charge < -0.3 is 14.6 Å². The first-order valence-corrected chi connectivity index (χ1v) is 8.68. The summed E-state index contributed by atoms with van der Waals surface area (Å²) in [5, 5.41) is 2.89. The summed E-state index contributed by atoms with van der Waals surface area (Å²) >= 11 is 0. The summed E-state index contributed by atoms with van der Waals surface area (Å²) in [6, 6.07) is 11.2. The van der Waals surface area contributed by atoms with Crippen LogP contribution in [0, 0.1) is 13.8 Å². The Morgan fingerprint density at radius 1 is 1.12 bits per heavy atom. The number of hydrogen-bond donors (Lipinski definition) is 1. The monoisotopic (exact) mass is 342 g/mol. The molecule has 0 saturated heterocycles. The molecule has 0 fully saturated rings. The summed E-state index contributed by atoms with van der Waals surface area (Å²) in [7, 11) is 0. The number of hydrogen-bond acceptors (Lipinski definition) is 3. The van der Waals surface area contributed by atoms with Crippen LogP contribution in [0.15, 0.2) is 47.4 Å². The molecule has 0 saturated carbocycles. The van der Waals surface area contributed by atoms with Gasteiger partial charge in [-0.1, -0.05) is 12.1 Å². The van der Waals surface area contributed by atoms with Crippen molar-refractivity contribution in [1.29, 1.82) is 0 Å². The Hall–Kier alpha value is -2.56. The predicted molar refractivity (Wildman–Crippen MR) is 99.0 cm³/mol. The lowest BCUT2D eigenvalue weighted by Crippen LogP contribution is -2.26. The van der Waals surface area contributed by atoms with Crippen molar-refractivity contribution in [3.63, 3.8) is 0 Å². The van der Waals surface area contributed by atoms with Crippen molar-refractivity contribution in [1.82, 2.24) is 9.88 Å². The normalized spacial score (nSPS) is 10.5. The molecule has 5 heteroatoms. The molecule has 0 aliphatic rings. The molecule has 0 unspecified atom stereocenters. The molecule has 0 bridgehead atoms. The maximum atomic E-state index is 11.8. The van der Waals surface area contributed by atoms with Gasteiger partial charge in [0.05, 0.1) is 13.0 Å². The SMILES string of the molecule is Cc1cc(C)cc(OCCC(=O)NCCCCn2ccccc2=O)c1. The number of carbonyl (C=O) groups excluding carboxylic acids is 1. The van der Waals surface area contributed by atoms with Gasteiger partial charge in [-0.25, -0.2) is 0 Å². The van der Waals surface area contributed by atoms with E-state index in [1.807, 2.05) is 32.0 Å². The van der Waals surface area contributed by atoms with E-state index >= 15 is 0 Å². The van der Waals surface area contributed by atoms with Crippen molar-refractivity contribution >= 4 is 5.91 Å². The standard InChI is InChI=1S/C20H26N2O3/c1-16-13-17(2)15-18(14-16)25-12-8-19(23)21-9-4-6-11-22-10-5-3-7-20(22)24/h3,5,7,10,13-15H,4,6,8-9,11-12H2,1-2H3,(H,21,23). The van der Waals surface area contributed by atoms with E-state index in [9.17, 15) is 9.59 Å². The minimum absolute atomic E-state index is 0.00932. The third-order valence-corrected chi connectivity index (χ3v) is 3.84. The van der Waals surface area contributed by atoms with Gasteiger partial charge in [-0.05, 0) is 56.0 Å². The van der Waals surface area contributed by atoms with Crippen LogP contribution < -0.4 is 15.6 Å². The van der Waals surface area contributed by atoms with Gasteiger partial charge in [0.15, 0.2) is 0 Å². The number of benzene rings is 1.